The second-order valence-corrected chi connectivity index (χ2v) is 8.17. The molecule has 1 rings (SSSR count). The van der Waals surface area contributed by atoms with Crippen LogP contribution in [0.2, 0.25) is 5.02 Å². The highest BCUT2D eigenvalue weighted by Crippen LogP contribution is 2.28. The molecule has 19 heavy (non-hydrogen) atoms. The number of rotatable bonds is 7. The van der Waals surface area contributed by atoms with Gasteiger partial charge in [-0.1, -0.05) is 40.5 Å². The number of sulfone groups is 1. The number of benzene rings is 1. The molecule has 0 fully saturated rings. The molecule has 0 bridgehead atoms. The van der Waals surface area contributed by atoms with Gasteiger partial charge in [-0.25, -0.2) is 8.42 Å². The van der Waals surface area contributed by atoms with Crippen molar-refractivity contribution < 1.29 is 8.42 Å². The first-order chi connectivity index (χ1) is 8.83. The van der Waals surface area contributed by atoms with Crippen LogP contribution in [-0.4, -0.2) is 27.0 Å². The number of nitrogens with one attached hydrogen (secondary N) is 1. The lowest BCUT2D eigenvalue weighted by Gasteiger charge is -2.20. The third-order valence-electron chi connectivity index (χ3n) is 2.76. The van der Waals surface area contributed by atoms with Gasteiger partial charge in [0.2, 0.25) is 0 Å². The van der Waals surface area contributed by atoms with Crippen LogP contribution in [0.5, 0.6) is 0 Å². The Balaban J connectivity index is 2.88. The van der Waals surface area contributed by atoms with Crippen molar-refractivity contribution in [1.82, 2.24) is 5.32 Å². The molecular formula is C13H19BrClNO2S. The lowest BCUT2D eigenvalue weighted by atomic mass is 10.0. The molecule has 1 atom stereocenters. The van der Waals surface area contributed by atoms with Crippen molar-refractivity contribution in [3.63, 3.8) is 0 Å². The highest BCUT2D eigenvalue weighted by molar-refractivity contribution is 9.10. The van der Waals surface area contributed by atoms with Gasteiger partial charge in [-0.05, 0) is 37.1 Å². The van der Waals surface area contributed by atoms with Crippen LogP contribution in [0.4, 0.5) is 0 Å². The van der Waals surface area contributed by atoms with Gasteiger partial charge in [0.1, 0.15) is 9.84 Å². The van der Waals surface area contributed by atoms with Gasteiger partial charge >= 0.3 is 0 Å². The average molecular weight is 369 g/mol. The maximum atomic E-state index is 11.3. The molecule has 0 aliphatic carbocycles. The van der Waals surface area contributed by atoms with Gasteiger partial charge < -0.3 is 5.32 Å². The summed E-state index contributed by atoms with van der Waals surface area (Å²) in [6.45, 7) is 2.91. The van der Waals surface area contributed by atoms with E-state index in [4.69, 9.17) is 11.6 Å². The second kappa shape index (κ2) is 7.62. The summed E-state index contributed by atoms with van der Waals surface area (Å²) >= 11 is 9.60. The SMILES string of the molecule is CCCNC(CCS(C)(=O)=O)c1ccc(Br)cc1Cl. The maximum absolute atomic E-state index is 11.3. The Morgan fingerprint density at radius 1 is 1.42 bits per heavy atom. The van der Waals surface area contributed by atoms with Crippen molar-refractivity contribution in [2.75, 3.05) is 18.6 Å². The average Bonchev–Trinajstić information content (AvgIpc) is 2.29. The summed E-state index contributed by atoms with van der Waals surface area (Å²) in [6, 6.07) is 5.65. The molecule has 0 saturated carbocycles. The molecule has 0 aromatic heterocycles. The second-order valence-electron chi connectivity index (χ2n) is 4.59. The normalized spacial score (nSPS) is 13.5. The number of hydrogen-bond acceptors (Lipinski definition) is 3. The predicted octanol–water partition coefficient (Wildman–Crippen LogP) is 3.58. The lowest BCUT2D eigenvalue weighted by Crippen LogP contribution is -2.24. The van der Waals surface area contributed by atoms with E-state index < -0.39 is 9.84 Å². The fourth-order valence-electron chi connectivity index (χ4n) is 1.80. The molecule has 0 amide bonds. The van der Waals surface area contributed by atoms with E-state index in [2.05, 4.69) is 28.2 Å². The van der Waals surface area contributed by atoms with E-state index in [0.29, 0.717) is 11.4 Å². The van der Waals surface area contributed by atoms with E-state index >= 15 is 0 Å². The zero-order chi connectivity index (χ0) is 14.5. The molecule has 0 aliphatic rings. The van der Waals surface area contributed by atoms with E-state index in [-0.39, 0.29) is 11.8 Å². The Labute approximate surface area is 128 Å². The van der Waals surface area contributed by atoms with Crippen LogP contribution in [-0.2, 0) is 9.84 Å². The standard InChI is InChI=1S/C13H19BrClNO2S/c1-3-7-16-13(6-8-19(2,17)18)11-5-4-10(14)9-12(11)15/h4-5,9,13,16H,3,6-8H2,1-2H3. The molecule has 1 N–H and O–H groups in total. The summed E-state index contributed by atoms with van der Waals surface area (Å²) in [5.74, 6) is 0.154. The number of hydrogen-bond donors (Lipinski definition) is 1. The molecule has 3 nitrogen and oxygen atoms in total. The van der Waals surface area contributed by atoms with E-state index in [1.54, 1.807) is 0 Å². The van der Waals surface area contributed by atoms with E-state index in [0.717, 1.165) is 23.0 Å². The van der Waals surface area contributed by atoms with Crippen molar-refractivity contribution in [3.05, 3.63) is 33.3 Å². The highest BCUT2D eigenvalue weighted by atomic mass is 79.9. The van der Waals surface area contributed by atoms with Gasteiger partial charge in [0, 0.05) is 21.8 Å². The summed E-state index contributed by atoms with van der Waals surface area (Å²) in [4.78, 5) is 0. The van der Waals surface area contributed by atoms with Crippen LogP contribution in [0.25, 0.3) is 0 Å². The highest BCUT2D eigenvalue weighted by Gasteiger charge is 2.16. The van der Waals surface area contributed by atoms with Crippen LogP contribution in [0, 0.1) is 0 Å². The first-order valence-corrected chi connectivity index (χ1v) is 9.42. The van der Waals surface area contributed by atoms with Crippen LogP contribution in [0.3, 0.4) is 0 Å². The monoisotopic (exact) mass is 367 g/mol. The van der Waals surface area contributed by atoms with Crippen LogP contribution < -0.4 is 5.32 Å². The Hall–Kier alpha value is -0.100. The van der Waals surface area contributed by atoms with Gasteiger partial charge in [0.05, 0.1) is 5.75 Å². The van der Waals surface area contributed by atoms with Gasteiger partial charge in [0.15, 0.2) is 0 Å². The third kappa shape index (κ3) is 6.25. The molecule has 1 aromatic carbocycles. The summed E-state index contributed by atoms with van der Waals surface area (Å²) in [6.07, 6.45) is 2.77. The van der Waals surface area contributed by atoms with Gasteiger partial charge in [0.25, 0.3) is 0 Å². The molecule has 6 heteroatoms. The minimum Gasteiger partial charge on any atom is -0.310 e. The molecule has 0 aliphatic heterocycles. The Morgan fingerprint density at radius 2 is 2.11 bits per heavy atom. The zero-order valence-corrected chi connectivity index (χ0v) is 14.3. The Bertz CT molecular complexity index is 519. The molecule has 0 heterocycles. The Morgan fingerprint density at radius 3 is 2.63 bits per heavy atom. The smallest absolute Gasteiger partial charge is 0.147 e. The van der Waals surface area contributed by atoms with E-state index in [9.17, 15) is 8.42 Å². The molecule has 0 spiro atoms. The summed E-state index contributed by atoms with van der Waals surface area (Å²) < 4.78 is 23.5. The molecule has 1 unspecified atom stereocenters. The molecule has 0 saturated heterocycles. The minimum atomic E-state index is -2.97. The van der Waals surface area contributed by atoms with Gasteiger partial charge in [-0.2, -0.15) is 0 Å². The summed E-state index contributed by atoms with van der Waals surface area (Å²) in [7, 11) is -2.97. The van der Waals surface area contributed by atoms with Gasteiger partial charge in [-0.15, -0.1) is 0 Å². The van der Waals surface area contributed by atoms with E-state index in [1.807, 2.05) is 18.2 Å². The van der Waals surface area contributed by atoms with Crippen LogP contribution in [0.15, 0.2) is 22.7 Å². The summed E-state index contributed by atoms with van der Waals surface area (Å²) in [5.41, 5.74) is 0.946. The number of halogens is 2. The topological polar surface area (TPSA) is 46.2 Å². The third-order valence-corrected chi connectivity index (χ3v) is 4.55. The zero-order valence-electron chi connectivity index (χ0n) is 11.1. The summed E-state index contributed by atoms with van der Waals surface area (Å²) in [5, 5.41) is 4.00. The lowest BCUT2D eigenvalue weighted by molar-refractivity contribution is 0.513. The van der Waals surface area contributed by atoms with Crippen LogP contribution >= 0.6 is 27.5 Å². The van der Waals surface area contributed by atoms with Crippen molar-refractivity contribution in [2.24, 2.45) is 0 Å². The van der Waals surface area contributed by atoms with Crippen molar-refractivity contribution in [2.45, 2.75) is 25.8 Å². The molecule has 0 radical (unpaired) electrons. The molecular weight excluding hydrogens is 350 g/mol. The molecule has 1 aromatic rings. The predicted molar refractivity (Wildman–Crippen MR) is 84.5 cm³/mol. The van der Waals surface area contributed by atoms with Gasteiger partial charge in [-0.3, -0.25) is 0 Å². The minimum absolute atomic E-state index is 0.0322. The first-order valence-electron chi connectivity index (χ1n) is 6.19. The van der Waals surface area contributed by atoms with Crippen molar-refractivity contribution in [3.8, 4) is 0 Å². The van der Waals surface area contributed by atoms with Crippen LogP contribution in [0.1, 0.15) is 31.4 Å². The fourth-order valence-corrected chi connectivity index (χ4v) is 3.27. The van der Waals surface area contributed by atoms with Crippen molar-refractivity contribution >= 4 is 37.4 Å². The first kappa shape index (κ1) is 17.0. The Kier molecular flexibility index (Phi) is 6.80. The molecule has 108 valence electrons. The van der Waals surface area contributed by atoms with Crippen molar-refractivity contribution in [1.29, 1.82) is 0 Å². The largest absolute Gasteiger partial charge is 0.310 e. The maximum Gasteiger partial charge on any atom is 0.147 e. The van der Waals surface area contributed by atoms with E-state index in [1.165, 1.54) is 6.26 Å². The quantitative estimate of drug-likeness (QED) is 0.800. The fraction of sp³-hybridized carbons (Fsp3) is 0.538.